The molecule has 8 atom stereocenters. The number of nitrogens with two attached hydrogens (primary N) is 1. The summed E-state index contributed by atoms with van der Waals surface area (Å²) in [5.74, 6) is 3.77. The highest BCUT2D eigenvalue weighted by molar-refractivity contribution is 5.86. The number of esters is 2. The van der Waals surface area contributed by atoms with Gasteiger partial charge in [0.25, 0.3) is 0 Å². The number of nitrogens with one attached hydrogen (secondary N) is 1. The molecule has 400 valence electrons. The van der Waals surface area contributed by atoms with Gasteiger partial charge in [0.15, 0.2) is 23.0 Å². The fraction of sp³-hybridized carbons (Fsp3) is 0.717. The summed E-state index contributed by atoms with van der Waals surface area (Å²) in [6.45, 7) is 25.7. The number of alkyl carbamates (subject to hydrolysis) is 1. The maximum atomic E-state index is 13.4. The first-order valence-corrected chi connectivity index (χ1v) is 24.7. The number of carbonyl (C=O) groups excluding carboxylic acids is 3. The van der Waals surface area contributed by atoms with E-state index in [4.69, 9.17) is 38.9 Å². The Hall–Kier alpha value is -3.40. The minimum Gasteiger partial charge on any atom is -0.493 e. The van der Waals surface area contributed by atoms with Crippen LogP contribution in [0.5, 0.6) is 23.0 Å². The molecule has 0 aromatic heterocycles. The van der Waals surface area contributed by atoms with Crippen LogP contribution >= 0.6 is 37.2 Å². The zero-order chi connectivity index (χ0) is 49.5. The first-order chi connectivity index (χ1) is 31.6. The van der Waals surface area contributed by atoms with E-state index in [1.54, 1.807) is 49.2 Å². The van der Waals surface area contributed by atoms with Gasteiger partial charge in [-0.3, -0.25) is 14.6 Å². The zero-order valence-corrected chi connectivity index (χ0v) is 47.0. The molecule has 3 N–H and O–H groups in total. The Labute approximate surface area is 438 Å². The summed E-state index contributed by atoms with van der Waals surface area (Å²) >= 11 is 0. The molecular weight excluding hydrogens is 959 g/mol. The second-order valence-corrected chi connectivity index (χ2v) is 21.7. The second kappa shape index (κ2) is 27.6. The van der Waals surface area contributed by atoms with E-state index < -0.39 is 29.7 Å². The number of rotatable bonds is 15. The highest BCUT2D eigenvalue weighted by atomic mass is 35.5. The normalized spacial score (nSPS) is 22.6. The van der Waals surface area contributed by atoms with E-state index in [0.717, 1.165) is 75.5 Å². The van der Waals surface area contributed by atoms with Crippen molar-refractivity contribution >= 4 is 55.3 Å². The summed E-state index contributed by atoms with van der Waals surface area (Å²) in [4.78, 5) is 43.6. The van der Waals surface area contributed by atoms with Crippen molar-refractivity contribution in [2.45, 2.75) is 157 Å². The minimum atomic E-state index is -0.782. The first-order valence-electron chi connectivity index (χ1n) is 24.7. The smallest absolute Gasteiger partial charge is 0.408 e. The number of benzene rings is 2. The number of carbonyl (C=O) groups is 3. The zero-order valence-electron chi connectivity index (χ0n) is 44.6. The van der Waals surface area contributed by atoms with E-state index in [1.165, 1.54) is 22.3 Å². The molecule has 0 saturated carbocycles. The maximum Gasteiger partial charge on any atom is 0.408 e. The third-order valence-corrected chi connectivity index (χ3v) is 13.8. The molecule has 2 fully saturated rings. The van der Waals surface area contributed by atoms with Crippen LogP contribution < -0.4 is 30.0 Å². The Kier molecular flexibility index (Phi) is 24.7. The van der Waals surface area contributed by atoms with Crippen molar-refractivity contribution in [3.63, 3.8) is 0 Å². The van der Waals surface area contributed by atoms with Gasteiger partial charge in [-0.25, -0.2) is 9.59 Å². The van der Waals surface area contributed by atoms with Gasteiger partial charge in [0, 0.05) is 62.9 Å². The summed E-state index contributed by atoms with van der Waals surface area (Å²) in [5, 5.41) is 2.74. The molecule has 2 aromatic carbocycles. The van der Waals surface area contributed by atoms with Crippen LogP contribution in [0.15, 0.2) is 24.3 Å². The van der Waals surface area contributed by atoms with Gasteiger partial charge in [-0.15, -0.1) is 37.2 Å². The minimum absolute atomic E-state index is 0. The van der Waals surface area contributed by atoms with Crippen LogP contribution in [-0.4, -0.2) is 112 Å². The number of methoxy groups -OCH3 is 4. The monoisotopic (exact) mass is 1040 g/mol. The number of ether oxygens (including phenoxy) is 7. The van der Waals surface area contributed by atoms with Crippen molar-refractivity contribution in [2.75, 3.05) is 54.6 Å². The molecule has 4 aliphatic heterocycles. The topological polar surface area (TPSA) is 160 Å². The Morgan fingerprint density at radius 2 is 1.01 bits per heavy atom. The van der Waals surface area contributed by atoms with Gasteiger partial charge in [0.2, 0.25) is 0 Å². The summed E-state index contributed by atoms with van der Waals surface area (Å²) in [7, 11) is 6.65. The van der Waals surface area contributed by atoms with Crippen molar-refractivity contribution in [2.24, 2.45) is 41.2 Å². The number of fused-ring (bicyclic) bond motifs is 6. The SMILES string of the molecule is COc1cc2c(cc1OC)[C@H]1C[C@@H](OC(=O)[C@@H](N)C(C)C)[C@H](CC(C)C)CN1CC2.COc1cc2c(cc1OC)[C@H]1C[C@@H](OC(=O)[C@@H](NC(=O)OC(C)(C)C)C(C)C)[C@H](CC(C)C)CN1CC2.Cl.Cl.Cl. The predicted molar refractivity (Wildman–Crippen MR) is 283 cm³/mol. The van der Waals surface area contributed by atoms with Crippen molar-refractivity contribution in [1.29, 1.82) is 0 Å². The third-order valence-electron chi connectivity index (χ3n) is 13.8. The molecule has 0 radical (unpaired) electrons. The van der Waals surface area contributed by atoms with Crippen LogP contribution in [0.3, 0.4) is 0 Å². The lowest BCUT2D eigenvalue weighted by Crippen LogP contribution is -2.52. The van der Waals surface area contributed by atoms with Gasteiger partial charge in [0.1, 0.15) is 29.9 Å². The van der Waals surface area contributed by atoms with Gasteiger partial charge < -0.3 is 44.2 Å². The molecule has 2 saturated heterocycles. The lowest BCUT2D eigenvalue weighted by Gasteiger charge is -2.47. The third kappa shape index (κ3) is 16.0. The molecule has 4 aliphatic rings. The summed E-state index contributed by atoms with van der Waals surface area (Å²) in [6, 6.07) is 7.33. The van der Waals surface area contributed by atoms with Crippen molar-refractivity contribution in [3.05, 3.63) is 46.5 Å². The second-order valence-electron chi connectivity index (χ2n) is 21.7. The summed E-state index contributed by atoms with van der Waals surface area (Å²) in [5.41, 5.74) is 10.4. The van der Waals surface area contributed by atoms with Crippen molar-refractivity contribution in [3.8, 4) is 23.0 Å². The van der Waals surface area contributed by atoms with Crippen LogP contribution in [0.2, 0.25) is 0 Å². The maximum absolute atomic E-state index is 13.4. The summed E-state index contributed by atoms with van der Waals surface area (Å²) in [6.07, 6.45) is 4.44. The Bertz CT molecular complexity index is 2000. The number of hydrogen-bond donors (Lipinski definition) is 2. The molecule has 1 amide bonds. The van der Waals surface area contributed by atoms with E-state index in [-0.39, 0.29) is 85.2 Å². The Morgan fingerprint density at radius 1 is 0.629 bits per heavy atom. The lowest BCUT2D eigenvalue weighted by molar-refractivity contribution is -0.161. The standard InChI is InChI=1S/C29H46N2O6.C24H38N2O4.3ClH/c1-17(2)12-20-16-31-11-10-19-13-24(34-8)25(35-9)14-21(19)22(31)15-23(20)36-27(32)26(18(3)4)30-28(33)37-29(5,6)7;1-14(2)9-17-13-26-8-7-16-10-21(28-5)22(29-6)11-18(16)19(26)12-20(17)30-24(27)23(25)15(3)4;;;/h13-14,17-18,20,22-23,26H,10-12,15-16H2,1-9H3,(H,30,33);10-11,14-15,17,19-20,23H,7-9,12-13,25H2,1-6H3;3*1H/t20-,22-,23-,26+;17-,19-,20-,23+;;;/m11.../s1. The van der Waals surface area contributed by atoms with Crippen LogP contribution in [-0.2, 0) is 36.6 Å². The number of piperidine rings is 2. The summed E-state index contributed by atoms with van der Waals surface area (Å²) < 4.78 is 39.9. The molecule has 6 rings (SSSR count). The van der Waals surface area contributed by atoms with Crippen LogP contribution in [0.25, 0.3) is 0 Å². The Morgan fingerprint density at radius 3 is 1.36 bits per heavy atom. The largest absolute Gasteiger partial charge is 0.493 e. The van der Waals surface area contributed by atoms with E-state index >= 15 is 0 Å². The molecule has 4 heterocycles. The molecule has 70 heavy (non-hydrogen) atoms. The Balaban J connectivity index is 0.000000469. The fourth-order valence-electron chi connectivity index (χ4n) is 10.4. The van der Waals surface area contributed by atoms with Gasteiger partial charge in [-0.1, -0.05) is 55.4 Å². The van der Waals surface area contributed by atoms with Gasteiger partial charge in [-0.2, -0.15) is 0 Å². The van der Waals surface area contributed by atoms with E-state index in [9.17, 15) is 14.4 Å². The van der Waals surface area contributed by atoms with E-state index in [0.29, 0.717) is 29.9 Å². The van der Waals surface area contributed by atoms with Gasteiger partial charge >= 0.3 is 18.0 Å². The highest BCUT2D eigenvalue weighted by Gasteiger charge is 2.44. The highest BCUT2D eigenvalue weighted by Crippen LogP contribution is 2.46. The predicted octanol–water partition coefficient (Wildman–Crippen LogP) is 9.96. The number of hydrogen-bond acceptors (Lipinski definition) is 13. The molecule has 2 aromatic rings. The average molecular weight is 1050 g/mol. The first kappa shape index (κ1) is 62.7. The molecule has 17 heteroatoms. The lowest BCUT2D eigenvalue weighted by atomic mass is 9.79. The van der Waals surface area contributed by atoms with Gasteiger partial charge in [-0.05, 0) is 117 Å². The van der Waals surface area contributed by atoms with Gasteiger partial charge in [0.05, 0.1) is 28.4 Å². The fourth-order valence-corrected chi connectivity index (χ4v) is 10.4. The van der Waals surface area contributed by atoms with Crippen LogP contribution in [0, 0.1) is 35.5 Å². The quantitative estimate of drug-likeness (QED) is 0.128. The molecule has 14 nitrogen and oxygen atoms in total. The van der Waals surface area contributed by atoms with Crippen molar-refractivity contribution < 1.29 is 47.5 Å². The number of nitrogens with zero attached hydrogens (tertiary/aromatic N) is 2. The number of amides is 1. The van der Waals surface area contributed by atoms with Crippen LogP contribution in [0.1, 0.15) is 136 Å². The average Bonchev–Trinajstić information content (AvgIpc) is 3.26. The molecular formula is C53H87Cl3N4O10. The molecule has 0 aliphatic carbocycles. The molecule has 0 spiro atoms. The number of halogens is 3. The van der Waals surface area contributed by atoms with E-state index in [2.05, 4.69) is 67.1 Å². The van der Waals surface area contributed by atoms with Crippen molar-refractivity contribution in [1.82, 2.24) is 15.1 Å². The molecule has 0 bridgehead atoms. The molecule has 0 unspecified atom stereocenters. The van der Waals surface area contributed by atoms with Crippen LogP contribution in [0.4, 0.5) is 4.79 Å². The van der Waals surface area contributed by atoms with E-state index in [1.807, 2.05) is 27.7 Å².